The Balaban J connectivity index is 1.42. The van der Waals surface area contributed by atoms with E-state index in [1.165, 1.54) is 0 Å². The van der Waals surface area contributed by atoms with Gasteiger partial charge in [-0.05, 0) is 73.6 Å². The molecule has 0 radical (unpaired) electrons. The molecule has 9 heteroatoms. The van der Waals surface area contributed by atoms with Crippen molar-refractivity contribution in [3.63, 3.8) is 0 Å². The van der Waals surface area contributed by atoms with Crippen LogP contribution in [0.4, 0.5) is 0 Å². The normalized spacial score (nSPS) is 17.8. The molecule has 1 fully saturated rings. The third kappa shape index (κ3) is 5.71. The Hall–Kier alpha value is -3.80. The number of nitrogens with zero attached hydrogens (tertiary/aromatic N) is 6. The lowest BCUT2D eigenvalue weighted by atomic mass is 9.83. The van der Waals surface area contributed by atoms with Crippen molar-refractivity contribution < 1.29 is 9.53 Å². The first-order valence-corrected chi connectivity index (χ1v) is 11.1. The van der Waals surface area contributed by atoms with Crippen LogP contribution in [-0.4, -0.2) is 38.2 Å². The van der Waals surface area contributed by atoms with Gasteiger partial charge in [0.05, 0.1) is 19.7 Å². The SMILES string of the molecule is COc1cccc(CNC(=O)c2cc(-c3nnn(CC4CCC(C#N)CC4)n3)cc(C)n2)c1. The second-order valence-corrected chi connectivity index (χ2v) is 8.43. The molecular formula is C24H27N7O2. The van der Waals surface area contributed by atoms with E-state index < -0.39 is 0 Å². The van der Waals surface area contributed by atoms with E-state index >= 15 is 0 Å². The number of hydrogen-bond acceptors (Lipinski definition) is 7. The predicted molar refractivity (Wildman–Crippen MR) is 121 cm³/mol. The van der Waals surface area contributed by atoms with Crippen LogP contribution in [0.15, 0.2) is 36.4 Å². The zero-order valence-corrected chi connectivity index (χ0v) is 18.9. The molecule has 9 nitrogen and oxygen atoms in total. The summed E-state index contributed by atoms with van der Waals surface area (Å²) in [5.74, 6) is 1.56. The molecule has 1 aromatic carbocycles. The Morgan fingerprint density at radius 3 is 2.82 bits per heavy atom. The summed E-state index contributed by atoms with van der Waals surface area (Å²) < 4.78 is 5.23. The number of aryl methyl sites for hydroxylation is 1. The largest absolute Gasteiger partial charge is 0.497 e. The summed E-state index contributed by atoms with van der Waals surface area (Å²) in [5.41, 5.74) is 2.64. The highest BCUT2D eigenvalue weighted by Crippen LogP contribution is 2.29. The van der Waals surface area contributed by atoms with Crippen LogP contribution in [0, 0.1) is 30.1 Å². The Kier molecular flexibility index (Phi) is 6.93. The summed E-state index contributed by atoms with van der Waals surface area (Å²) in [6.45, 7) is 2.88. The minimum absolute atomic E-state index is 0.175. The smallest absolute Gasteiger partial charge is 0.270 e. The Bertz CT molecular complexity index is 1160. The first-order valence-electron chi connectivity index (χ1n) is 11.1. The number of rotatable bonds is 7. The first-order chi connectivity index (χ1) is 16.0. The van der Waals surface area contributed by atoms with E-state index in [9.17, 15) is 4.79 Å². The van der Waals surface area contributed by atoms with Gasteiger partial charge in [-0.1, -0.05) is 12.1 Å². The van der Waals surface area contributed by atoms with Gasteiger partial charge in [0, 0.05) is 23.7 Å². The van der Waals surface area contributed by atoms with Crippen molar-refractivity contribution >= 4 is 5.91 Å². The third-order valence-electron chi connectivity index (χ3n) is 5.94. The highest BCUT2D eigenvalue weighted by molar-refractivity contribution is 5.93. The Morgan fingerprint density at radius 1 is 1.24 bits per heavy atom. The standard InChI is InChI=1S/C24H27N7O2/c1-16-10-20(23-28-30-31(29-23)15-18-8-6-17(13-25)7-9-18)12-22(27-16)24(32)26-14-19-4-3-5-21(11-19)33-2/h3-5,10-12,17-18H,6-9,14-15H2,1-2H3,(H,26,32). The minimum Gasteiger partial charge on any atom is -0.497 e. The summed E-state index contributed by atoms with van der Waals surface area (Å²) >= 11 is 0. The fraction of sp³-hybridized carbons (Fsp3) is 0.417. The number of ether oxygens (including phenoxy) is 1. The molecule has 1 aliphatic rings. The summed E-state index contributed by atoms with van der Waals surface area (Å²) in [7, 11) is 1.61. The topological polar surface area (TPSA) is 119 Å². The average Bonchev–Trinajstić information content (AvgIpc) is 3.31. The zero-order valence-electron chi connectivity index (χ0n) is 18.9. The first kappa shape index (κ1) is 22.4. The van der Waals surface area contributed by atoms with Crippen molar-refractivity contribution in [3.05, 3.63) is 53.3 Å². The maximum atomic E-state index is 12.7. The van der Waals surface area contributed by atoms with Gasteiger partial charge in [-0.2, -0.15) is 10.1 Å². The lowest BCUT2D eigenvalue weighted by molar-refractivity contribution is 0.0945. The van der Waals surface area contributed by atoms with Gasteiger partial charge in [0.25, 0.3) is 5.91 Å². The van der Waals surface area contributed by atoms with Crippen LogP contribution in [0.1, 0.15) is 47.4 Å². The van der Waals surface area contributed by atoms with E-state index in [4.69, 9.17) is 10.00 Å². The lowest BCUT2D eigenvalue weighted by Crippen LogP contribution is -2.24. The van der Waals surface area contributed by atoms with E-state index in [0.717, 1.165) is 37.0 Å². The predicted octanol–water partition coefficient (Wildman–Crippen LogP) is 3.31. The molecule has 0 aliphatic heterocycles. The van der Waals surface area contributed by atoms with Crippen LogP contribution >= 0.6 is 0 Å². The number of nitrogens with one attached hydrogen (secondary N) is 1. The molecule has 0 saturated heterocycles. The molecule has 0 unspecified atom stereocenters. The van der Waals surface area contributed by atoms with Crippen molar-refractivity contribution in [1.29, 1.82) is 5.26 Å². The van der Waals surface area contributed by atoms with Crippen LogP contribution in [0.3, 0.4) is 0 Å². The number of nitriles is 1. The molecular weight excluding hydrogens is 418 g/mol. The quantitative estimate of drug-likeness (QED) is 0.592. The van der Waals surface area contributed by atoms with Gasteiger partial charge >= 0.3 is 0 Å². The van der Waals surface area contributed by atoms with Crippen molar-refractivity contribution in [2.24, 2.45) is 11.8 Å². The van der Waals surface area contributed by atoms with E-state index in [0.29, 0.717) is 41.8 Å². The summed E-state index contributed by atoms with van der Waals surface area (Å²) in [4.78, 5) is 18.7. The molecule has 0 spiro atoms. The van der Waals surface area contributed by atoms with Crippen molar-refractivity contribution in [2.45, 2.75) is 45.7 Å². The van der Waals surface area contributed by atoms with Crippen molar-refractivity contribution in [3.8, 4) is 23.2 Å². The third-order valence-corrected chi connectivity index (χ3v) is 5.94. The molecule has 1 saturated carbocycles. The van der Waals surface area contributed by atoms with Crippen molar-refractivity contribution in [2.75, 3.05) is 7.11 Å². The Labute approximate surface area is 192 Å². The van der Waals surface area contributed by atoms with Gasteiger partial charge in [-0.25, -0.2) is 4.98 Å². The molecule has 33 heavy (non-hydrogen) atoms. The molecule has 1 N–H and O–H groups in total. The van der Waals surface area contributed by atoms with Gasteiger partial charge in [0.15, 0.2) is 0 Å². The lowest BCUT2D eigenvalue weighted by Gasteiger charge is -2.23. The van der Waals surface area contributed by atoms with Crippen LogP contribution < -0.4 is 10.1 Å². The Morgan fingerprint density at radius 2 is 2.06 bits per heavy atom. The van der Waals surface area contributed by atoms with Crippen molar-refractivity contribution in [1.82, 2.24) is 30.5 Å². The van der Waals surface area contributed by atoms with Gasteiger partial charge in [-0.15, -0.1) is 10.2 Å². The summed E-state index contributed by atoms with van der Waals surface area (Å²) in [6, 6.07) is 13.4. The second-order valence-electron chi connectivity index (χ2n) is 8.43. The number of aromatic nitrogens is 5. The molecule has 1 aliphatic carbocycles. The molecule has 4 rings (SSSR count). The molecule has 3 aromatic rings. The van der Waals surface area contributed by atoms with Crippen LogP contribution in [0.2, 0.25) is 0 Å². The number of methoxy groups -OCH3 is 1. The maximum Gasteiger partial charge on any atom is 0.270 e. The minimum atomic E-state index is -0.274. The number of benzene rings is 1. The molecule has 170 valence electrons. The van der Waals surface area contributed by atoms with Crippen LogP contribution in [-0.2, 0) is 13.1 Å². The highest BCUT2D eigenvalue weighted by atomic mass is 16.5. The molecule has 1 amide bonds. The number of pyridine rings is 1. The highest BCUT2D eigenvalue weighted by Gasteiger charge is 2.22. The summed E-state index contributed by atoms with van der Waals surface area (Å²) in [6.07, 6.45) is 3.86. The fourth-order valence-electron chi connectivity index (χ4n) is 4.11. The van der Waals surface area contributed by atoms with Crippen LogP contribution in [0.25, 0.3) is 11.4 Å². The molecule has 2 heterocycles. The van der Waals surface area contributed by atoms with Gasteiger partial charge in [0.2, 0.25) is 5.82 Å². The van der Waals surface area contributed by atoms with E-state index in [2.05, 4.69) is 31.8 Å². The summed E-state index contributed by atoms with van der Waals surface area (Å²) in [5, 5.41) is 24.9. The van der Waals surface area contributed by atoms with E-state index in [1.807, 2.05) is 37.3 Å². The maximum absolute atomic E-state index is 12.7. The number of carbonyl (C=O) groups excluding carboxylic acids is 1. The monoisotopic (exact) mass is 445 g/mol. The molecule has 0 bridgehead atoms. The second kappa shape index (κ2) is 10.2. The average molecular weight is 446 g/mol. The number of carbonyl (C=O) groups is 1. The van der Waals surface area contributed by atoms with E-state index in [-0.39, 0.29) is 11.8 Å². The van der Waals surface area contributed by atoms with E-state index in [1.54, 1.807) is 18.0 Å². The molecule has 2 aromatic heterocycles. The zero-order chi connectivity index (χ0) is 23.2. The van der Waals surface area contributed by atoms with Gasteiger partial charge in [-0.3, -0.25) is 4.79 Å². The van der Waals surface area contributed by atoms with Crippen LogP contribution in [0.5, 0.6) is 5.75 Å². The van der Waals surface area contributed by atoms with Gasteiger partial charge < -0.3 is 10.1 Å². The fourth-order valence-corrected chi connectivity index (χ4v) is 4.11. The number of hydrogen-bond donors (Lipinski definition) is 1. The van der Waals surface area contributed by atoms with Gasteiger partial charge in [0.1, 0.15) is 11.4 Å². The molecule has 0 atom stereocenters. The number of amides is 1. The number of tetrazole rings is 1.